The Hall–Kier alpha value is -3.42. The van der Waals surface area contributed by atoms with E-state index in [1.54, 1.807) is 30.0 Å². The van der Waals surface area contributed by atoms with Crippen LogP contribution >= 0.6 is 0 Å². The van der Waals surface area contributed by atoms with Crippen LogP contribution in [0.3, 0.4) is 0 Å². The van der Waals surface area contributed by atoms with Gasteiger partial charge in [-0.05, 0) is 56.2 Å². The summed E-state index contributed by atoms with van der Waals surface area (Å²) in [7, 11) is 0. The molecule has 1 aliphatic rings. The lowest BCUT2D eigenvalue weighted by Crippen LogP contribution is -2.24. The second-order valence-corrected chi connectivity index (χ2v) is 6.48. The SMILES string of the molecule is CCOc1ccc(C(=O)Nc2ccc(N3CCCC3=O)c(C)c2)cc1[N+](=O)[O-]. The summed E-state index contributed by atoms with van der Waals surface area (Å²) in [5.41, 5.74) is 2.15. The molecule has 1 fully saturated rings. The normalized spacial score (nSPS) is 13.5. The summed E-state index contributed by atoms with van der Waals surface area (Å²) in [4.78, 5) is 36.8. The molecule has 146 valence electrons. The minimum absolute atomic E-state index is 0.0987. The number of rotatable bonds is 6. The molecule has 0 saturated carbocycles. The van der Waals surface area contributed by atoms with Crippen molar-refractivity contribution in [3.63, 3.8) is 0 Å². The van der Waals surface area contributed by atoms with Crippen molar-refractivity contribution in [2.24, 2.45) is 0 Å². The summed E-state index contributed by atoms with van der Waals surface area (Å²) in [6.07, 6.45) is 1.39. The van der Waals surface area contributed by atoms with Crippen molar-refractivity contribution in [3.05, 3.63) is 57.6 Å². The van der Waals surface area contributed by atoms with E-state index in [4.69, 9.17) is 4.74 Å². The zero-order chi connectivity index (χ0) is 20.3. The Bertz CT molecular complexity index is 941. The van der Waals surface area contributed by atoms with Crippen LogP contribution in [-0.4, -0.2) is 29.9 Å². The molecule has 8 nitrogen and oxygen atoms in total. The zero-order valence-corrected chi connectivity index (χ0v) is 15.7. The fourth-order valence-corrected chi connectivity index (χ4v) is 3.22. The van der Waals surface area contributed by atoms with Crippen LogP contribution in [0.4, 0.5) is 17.1 Å². The predicted molar refractivity (Wildman–Crippen MR) is 105 cm³/mol. The molecule has 2 amide bonds. The number of benzene rings is 2. The number of carbonyl (C=O) groups excluding carboxylic acids is 2. The Kier molecular flexibility index (Phi) is 5.58. The largest absolute Gasteiger partial charge is 0.487 e. The van der Waals surface area contributed by atoms with Crippen molar-refractivity contribution in [2.45, 2.75) is 26.7 Å². The Morgan fingerprint density at radius 1 is 1.29 bits per heavy atom. The number of ether oxygens (including phenoxy) is 1. The van der Waals surface area contributed by atoms with E-state index in [1.165, 1.54) is 18.2 Å². The Labute approximate surface area is 162 Å². The molecule has 1 aliphatic heterocycles. The highest BCUT2D eigenvalue weighted by atomic mass is 16.6. The number of nitrogens with zero attached hydrogens (tertiary/aromatic N) is 2. The molecule has 0 bridgehead atoms. The minimum atomic E-state index is -0.576. The quantitative estimate of drug-likeness (QED) is 0.606. The third-order valence-electron chi connectivity index (χ3n) is 4.54. The Balaban J connectivity index is 1.79. The predicted octanol–water partition coefficient (Wildman–Crippen LogP) is 3.68. The molecule has 0 aliphatic carbocycles. The molecule has 0 spiro atoms. The van der Waals surface area contributed by atoms with Crippen LogP contribution in [0.15, 0.2) is 36.4 Å². The van der Waals surface area contributed by atoms with Crippen molar-refractivity contribution >= 4 is 28.9 Å². The average Bonchev–Trinajstić information content (AvgIpc) is 3.08. The molecule has 0 atom stereocenters. The van der Waals surface area contributed by atoms with Crippen LogP contribution in [0.1, 0.15) is 35.7 Å². The van der Waals surface area contributed by atoms with E-state index < -0.39 is 10.8 Å². The first-order valence-electron chi connectivity index (χ1n) is 9.04. The number of nitro groups is 1. The first kappa shape index (κ1) is 19.3. The standard InChI is InChI=1S/C20H21N3O5/c1-3-28-18-9-6-14(12-17(18)23(26)27)20(25)21-15-7-8-16(13(2)11-15)22-10-4-5-19(22)24/h6-9,11-12H,3-5,10H2,1-2H3,(H,21,25). The lowest BCUT2D eigenvalue weighted by molar-refractivity contribution is -0.385. The number of nitro benzene ring substituents is 1. The van der Waals surface area contributed by atoms with Gasteiger partial charge in [0.2, 0.25) is 5.91 Å². The van der Waals surface area contributed by atoms with Crippen molar-refractivity contribution in [2.75, 3.05) is 23.4 Å². The first-order chi connectivity index (χ1) is 13.4. The van der Waals surface area contributed by atoms with Gasteiger partial charge in [0.25, 0.3) is 5.91 Å². The van der Waals surface area contributed by atoms with Crippen LogP contribution in [0.5, 0.6) is 5.75 Å². The van der Waals surface area contributed by atoms with Gasteiger partial charge in [0, 0.05) is 36.0 Å². The van der Waals surface area contributed by atoms with Crippen LogP contribution < -0.4 is 15.0 Å². The minimum Gasteiger partial charge on any atom is -0.487 e. The van der Waals surface area contributed by atoms with Crippen molar-refractivity contribution in [1.29, 1.82) is 0 Å². The number of amides is 2. The zero-order valence-electron chi connectivity index (χ0n) is 15.7. The lowest BCUT2D eigenvalue weighted by Gasteiger charge is -2.19. The third kappa shape index (κ3) is 3.95. The third-order valence-corrected chi connectivity index (χ3v) is 4.54. The van der Waals surface area contributed by atoms with Crippen molar-refractivity contribution in [3.8, 4) is 5.75 Å². The fourth-order valence-electron chi connectivity index (χ4n) is 3.22. The fraction of sp³-hybridized carbons (Fsp3) is 0.300. The molecule has 0 unspecified atom stereocenters. The topological polar surface area (TPSA) is 102 Å². The maximum absolute atomic E-state index is 12.5. The Morgan fingerprint density at radius 3 is 2.68 bits per heavy atom. The maximum Gasteiger partial charge on any atom is 0.311 e. The molecule has 28 heavy (non-hydrogen) atoms. The number of hydrogen-bond donors (Lipinski definition) is 1. The number of anilines is 2. The molecule has 1 N–H and O–H groups in total. The van der Waals surface area contributed by atoms with Gasteiger partial charge in [-0.1, -0.05) is 0 Å². The van der Waals surface area contributed by atoms with Gasteiger partial charge < -0.3 is 15.0 Å². The van der Waals surface area contributed by atoms with E-state index in [-0.39, 0.29) is 29.5 Å². The van der Waals surface area contributed by atoms with Gasteiger partial charge >= 0.3 is 5.69 Å². The average molecular weight is 383 g/mol. The number of aryl methyl sites for hydroxylation is 1. The Morgan fingerprint density at radius 2 is 2.07 bits per heavy atom. The molecular formula is C20H21N3O5. The highest BCUT2D eigenvalue weighted by molar-refractivity contribution is 6.05. The summed E-state index contributed by atoms with van der Waals surface area (Å²) in [5, 5.41) is 14.0. The van der Waals surface area contributed by atoms with Gasteiger partial charge in [-0.25, -0.2) is 0 Å². The monoisotopic (exact) mass is 383 g/mol. The molecule has 0 radical (unpaired) electrons. The highest BCUT2D eigenvalue weighted by Gasteiger charge is 2.23. The van der Waals surface area contributed by atoms with Gasteiger partial charge in [0.05, 0.1) is 11.5 Å². The maximum atomic E-state index is 12.5. The van der Waals surface area contributed by atoms with Gasteiger partial charge in [-0.2, -0.15) is 0 Å². The summed E-state index contributed by atoms with van der Waals surface area (Å²) in [6, 6.07) is 9.40. The summed E-state index contributed by atoms with van der Waals surface area (Å²) >= 11 is 0. The van der Waals surface area contributed by atoms with Gasteiger partial charge in [-0.3, -0.25) is 19.7 Å². The molecule has 1 saturated heterocycles. The molecule has 2 aromatic rings. The van der Waals surface area contributed by atoms with Crippen LogP contribution in [-0.2, 0) is 4.79 Å². The van der Waals surface area contributed by atoms with Crippen LogP contribution in [0.25, 0.3) is 0 Å². The lowest BCUT2D eigenvalue weighted by atomic mass is 10.1. The van der Waals surface area contributed by atoms with E-state index in [1.807, 2.05) is 6.92 Å². The molecule has 1 heterocycles. The number of hydrogen-bond acceptors (Lipinski definition) is 5. The molecule has 3 rings (SSSR count). The van der Waals surface area contributed by atoms with Crippen LogP contribution in [0.2, 0.25) is 0 Å². The summed E-state index contributed by atoms with van der Waals surface area (Å²) in [6.45, 7) is 4.59. The first-order valence-corrected chi connectivity index (χ1v) is 9.04. The molecule has 0 aromatic heterocycles. The van der Waals surface area contributed by atoms with Crippen molar-refractivity contribution in [1.82, 2.24) is 0 Å². The van der Waals surface area contributed by atoms with Gasteiger partial charge in [0.15, 0.2) is 5.75 Å². The van der Waals surface area contributed by atoms with Gasteiger partial charge in [-0.15, -0.1) is 0 Å². The van der Waals surface area contributed by atoms with E-state index in [9.17, 15) is 19.7 Å². The summed E-state index contributed by atoms with van der Waals surface area (Å²) in [5.74, 6) is -0.239. The molecule has 8 heteroatoms. The van der Waals surface area contributed by atoms with E-state index in [0.29, 0.717) is 18.7 Å². The number of carbonyl (C=O) groups is 2. The van der Waals surface area contributed by atoms with Crippen molar-refractivity contribution < 1.29 is 19.2 Å². The summed E-state index contributed by atoms with van der Waals surface area (Å²) < 4.78 is 5.23. The van der Waals surface area contributed by atoms with Crippen LogP contribution in [0, 0.1) is 17.0 Å². The smallest absolute Gasteiger partial charge is 0.311 e. The highest BCUT2D eigenvalue weighted by Crippen LogP contribution is 2.30. The second kappa shape index (κ2) is 8.08. The van der Waals surface area contributed by atoms with E-state index in [0.717, 1.165) is 17.7 Å². The van der Waals surface area contributed by atoms with E-state index in [2.05, 4.69) is 5.32 Å². The number of nitrogens with one attached hydrogen (secondary N) is 1. The van der Waals surface area contributed by atoms with E-state index >= 15 is 0 Å². The molecular weight excluding hydrogens is 362 g/mol. The molecule has 2 aromatic carbocycles. The second-order valence-electron chi connectivity index (χ2n) is 6.48. The van der Waals surface area contributed by atoms with Gasteiger partial charge in [0.1, 0.15) is 0 Å².